The minimum absolute atomic E-state index is 0.301. The maximum atomic E-state index is 12.2. The molecule has 1 saturated carbocycles. The Balaban J connectivity index is 1.48. The van der Waals surface area contributed by atoms with Crippen molar-refractivity contribution in [2.75, 3.05) is 32.7 Å². The summed E-state index contributed by atoms with van der Waals surface area (Å²) in [6, 6.07) is 1.02. The van der Waals surface area contributed by atoms with E-state index in [1.165, 1.54) is 32.2 Å². The fraction of sp³-hybridized carbons (Fsp3) is 0.929. The number of carbonyl (C=O) groups excluding carboxylic acids is 1. The van der Waals surface area contributed by atoms with Crippen LogP contribution in [0.25, 0.3) is 0 Å². The number of carbonyl (C=O) groups is 1. The summed E-state index contributed by atoms with van der Waals surface area (Å²) in [4.78, 5) is 16.9. The molecule has 3 aliphatic rings. The van der Waals surface area contributed by atoms with Crippen molar-refractivity contribution in [3.63, 3.8) is 0 Å². The lowest BCUT2D eigenvalue weighted by Crippen LogP contribution is -2.58. The van der Waals surface area contributed by atoms with E-state index in [4.69, 9.17) is 0 Å². The van der Waals surface area contributed by atoms with Gasteiger partial charge in [-0.05, 0) is 51.6 Å². The van der Waals surface area contributed by atoms with Crippen molar-refractivity contribution in [3.05, 3.63) is 0 Å². The van der Waals surface area contributed by atoms with Crippen molar-refractivity contribution in [3.8, 4) is 0 Å². The van der Waals surface area contributed by atoms with Crippen molar-refractivity contribution < 1.29 is 4.79 Å². The number of hydrogen-bond donors (Lipinski definition) is 1. The van der Waals surface area contributed by atoms with E-state index >= 15 is 0 Å². The fourth-order valence-electron chi connectivity index (χ4n) is 3.34. The van der Waals surface area contributed by atoms with Crippen LogP contribution in [0.5, 0.6) is 0 Å². The summed E-state index contributed by atoms with van der Waals surface area (Å²) in [6.45, 7) is 7.01. The second-order valence-electron chi connectivity index (χ2n) is 6.26. The molecule has 0 spiro atoms. The molecule has 3 rings (SSSR count). The highest BCUT2D eigenvalue weighted by Crippen LogP contribution is 2.27. The van der Waals surface area contributed by atoms with Crippen LogP contribution in [0.1, 0.15) is 32.6 Å². The summed E-state index contributed by atoms with van der Waals surface area (Å²) in [5.41, 5.74) is 0. The minimum atomic E-state index is 0.301. The molecule has 2 aliphatic heterocycles. The number of piperazine rings is 1. The van der Waals surface area contributed by atoms with Gasteiger partial charge in [-0.1, -0.05) is 0 Å². The van der Waals surface area contributed by atoms with E-state index in [1.54, 1.807) is 0 Å². The van der Waals surface area contributed by atoms with Crippen molar-refractivity contribution in [2.45, 2.75) is 44.7 Å². The molecule has 0 aromatic heterocycles. The maximum absolute atomic E-state index is 12.2. The Morgan fingerprint density at radius 1 is 1.28 bits per heavy atom. The molecule has 102 valence electrons. The van der Waals surface area contributed by atoms with E-state index in [0.29, 0.717) is 24.5 Å². The van der Waals surface area contributed by atoms with Gasteiger partial charge >= 0.3 is 0 Å². The quantitative estimate of drug-likeness (QED) is 0.798. The van der Waals surface area contributed by atoms with E-state index in [9.17, 15) is 4.79 Å². The number of fused-ring (bicyclic) bond motifs is 1. The van der Waals surface area contributed by atoms with Crippen LogP contribution in [0.15, 0.2) is 0 Å². The van der Waals surface area contributed by atoms with Gasteiger partial charge in [0.05, 0.1) is 6.54 Å². The smallest absolute Gasteiger partial charge is 0.236 e. The van der Waals surface area contributed by atoms with Gasteiger partial charge in [-0.25, -0.2) is 0 Å². The third kappa shape index (κ3) is 2.69. The fourth-order valence-corrected chi connectivity index (χ4v) is 3.34. The molecular weight excluding hydrogens is 226 g/mol. The third-order valence-electron chi connectivity index (χ3n) is 4.66. The number of amides is 1. The van der Waals surface area contributed by atoms with Crippen molar-refractivity contribution >= 4 is 5.91 Å². The highest BCUT2D eigenvalue weighted by Gasteiger charge is 2.36. The van der Waals surface area contributed by atoms with Crippen LogP contribution in [0.4, 0.5) is 0 Å². The molecule has 2 saturated heterocycles. The highest BCUT2D eigenvalue weighted by molar-refractivity contribution is 5.78. The second kappa shape index (κ2) is 5.17. The van der Waals surface area contributed by atoms with Crippen molar-refractivity contribution in [1.82, 2.24) is 15.1 Å². The summed E-state index contributed by atoms with van der Waals surface area (Å²) in [5.74, 6) is 1.15. The SMILES string of the molecule is CC1CN2CCCC2CN1C(=O)CNCC1CC1. The monoisotopic (exact) mass is 251 g/mol. The molecule has 1 amide bonds. The summed E-state index contributed by atoms with van der Waals surface area (Å²) in [7, 11) is 0. The molecule has 18 heavy (non-hydrogen) atoms. The van der Waals surface area contributed by atoms with Crippen LogP contribution in [-0.4, -0.2) is 60.5 Å². The Kier molecular flexibility index (Phi) is 3.57. The summed E-state index contributed by atoms with van der Waals surface area (Å²) >= 11 is 0. The highest BCUT2D eigenvalue weighted by atomic mass is 16.2. The molecule has 0 aromatic rings. The Labute approximate surface area is 110 Å². The molecule has 0 radical (unpaired) electrons. The van der Waals surface area contributed by atoms with E-state index in [2.05, 4.69) is 22.0 Å². The first-order valence-electron chi connectivity index (χ1n) is 7.48. The molecule has 2 atom stereocenters. The molecule has 1 aliphatic carbocycles. The number of nitrogens with one attached hydrogen (secondary N) is 1. The van der Waals surface area contributed by atoms with Crippen LogP contribution in [0.2, 0.25) is 0 Å². The molecule has 4 heteroatoms. The van der Waals surface area contributed by atoms with Gasteiger partial charge in [-0.3, -0.25) is 9.69 Å². The zero-order valence-corrected chi connectivity index (χ0v) is 11.4. The standard InChI is InChI=1S/C14H25N3O/c1-11-9-16-6-2-3-13(16)10-17(11)14(18)8-15-7-12-4-5-12/h11-13,15H,2-10H2,1H3. The third-order valence-corrected chi connectivity index (χ3v) is 4.66. The summed E-state index contributed by atoms with van der Waals surface area (Å²) in [6.07, 6.45) is 5.27. The van der Waals surface area contributed by atoms with Crippen LogP contribution >= 0.6 is 0 Å². The zero-order chi connectivity index (χ0) is 12.5. The normalized spacial score (nSPS) is 32.6. The number of rotatable bonds is 4. The van der Waals surface area contributed by atoms with Crippen molar-refractivity contribution in [1.29, 1.82) is 0 Å². The van der Waals surface area contributed by atoms with Crippen molar-refractivity contribution in [2.24, 2.45) is 5.92 Å². The van der Waals surface area contributed by atoms with Gasteiger partial charge in [-0.15, -0.1) is 0 Å². The van der Waals surface area contributed by atoms with Gasteiger partial charge in [0.1, 0.15) is 0 Å². The Morgan fingerprint density at radius 2 is 2.11 bits per heavy atom. The Hall–Kier alpha value is -0.610. The van der Waals surface area contributed by atoms with Gasteiger partial charge in [0.2, 0.25) is 5.91 Å². The molecule has 2 unspecified atom stereocenters. The molecule has 1 N–H and O–H groups in total. The lowest BCUT2D eigenvalue weighted by molar-refractivity contribution is -0.135. The Morgan fingerprint density at radius 3 is 2.89 bits per heavy atom. The molecule has 2 heterocycles. The van der Waals surface area contributed by atoms with E-state index in [0.717, 1.165) is 25.6 Å². The topological polar surface area (TPSA) is 35.6 Å². The first-order chi connectivity index (χ1) is 8.74. The maximum Gasteiger partial charge on any atom is 0.236 e. The average molecular weight is 251 g/mol. The predicted octanol–water partition coefficient (Wildman–Crippen LogP) is 0.681. The molecule has 3 fully saturated rings. The summed E-state index contributed by atoms with van der Waals surface area (Å²) in [5, 5.41) is 3.32. The van der Waals surface area contributed by atoms with Crippen LogP contribution in [-0.2, 0) is 4.79 Å². The molecular formula is C14H25N3O. The predicted molar refractivity (Wildman–Crippen MR) is 71.4 cm³/mol. The molecule has 4 nitrogen and oxygen atoms in total. The first-order valence-corrected chi connectivity index (χ1v) is 7.48. The van der Waals surface area contributed by atoms with Gasteiger partial charge < -0.3 is 10.2 Å². The number of hydrogen-bond acceptors (Lipinski definition) is 3. The minimum Gasteiger partial charge on any atom is -0.336 e. The lowest BCUT2D eigenvalue weighted by atomic mass is 10.1. The second-order valence-corrected chi connectivity index (χ2v) is 6.26. The van der Waals surface area contributed by atoms with Crippen LogP contribution < -0.4 is 5.32 Å². The first kappa shape index (κ1) is 12.4. The van der Waals surface area contributed by atoms with E-state index in [1.807, 2.05) is 0 Å². The van der Waals surface area contributed by atoms with E-state index < -0.39 is 0 Å². The zero-order valence-electron chi connectivity index (χ0n) is 11.4. The molecule has 0 aromatic carbocycles. The van der Waals surface area contributed by atoms with Gasteiger partial charge in [0.25, 0.3) is 0 Å². The summed E-state index contributed by atoms with van der Waals surface area (Å²) < 4.78 is 0. The largest absolute Gasteiger partial charge is 0.336 e. The van der Waals surface area contributed by atoms with Gasteiger partial charge in [-0.2, -0.15) is 0 Å². The molecule has 0 bridgehead atoms. The Bertz CT molecular complexity index is 316. The van der Waals surface area contributed by atoms with Crippen LogP contribution in [0, 0.1) is 5.92 Å². The van der Waals surface area contributed by atoms with Gasteiger partial charge in [0.15, 0.2) is 0 Å². The lowest BCUT2D eigenvalue weighted by Gasteiger charge is -2.42. The van der Waals surface area contributed by atoms with Crippen LogP contribution in [0.3, 0.4) is 0 Å². The number of nitrogens with zero attached hydrogens (tertiary/aromatic N) is 2. The average Bonchev–Trinajstić information content (AvgIpc) is 3.05. The van der Waals surface area contributed by atoms with E-state index in [-0.39, 0.29) is 0 Å². The van der Waals surface area contributed by atoms with Gasteiger partial charge in [0, 0.05) is 25.2 Å².